The summed E-state index contributed by atoms with van der Waals surface area (Å²) in [7, 11) is 0. The van der Waals surface area contributed by atoms with Gasteiger partial charge in [0.05, 0.1) is 17.1 Å². The maximum atomic E-state index is 6.46. The van der Waals surface area contributed by atoms with Gasteiger partial charge in [0.25, 0.3) is 0 Å². The number of hydrogen-bond donors (Lipinski definition) is 3. The lowest BCUT2D eigenvalue weighted by Gasteiger charge is -2.31. The Kier molecular flexibility index (Phi) is 4.94. The SMILES string of the molecule is Cc1ccc(N2CCNCC2)c(N)c1NCc1ccccc1Cl. The van der Waals surface area contributed by atoms with Gasteiger partial charge in [0.2, 0.25) is 0 Å². The molecule has 0 amide bonds. The van der Waals surface area contributed by atoms with E-state index in [1.165, 1.54) is 0 Å². The summed E-state index contributed by atoms with van der Waals surface area (Å²) in [5, 5.41) is 7.61. The van der Waals surface area contributed by atoms with E-state index in [1.54, 1.807) is 0 Å². The van der Waals surface area contributed by atoms with Crippen molar-refractivity contribution in [2.24, 2.45) is 0 Å². The molecule has 1 aliphatic rings. The van der Waals surface area contributed by atoms with Gasteiger partial charge >= 0.3 is 0 Å². The Labute approximate surface area is 142 Å². The van der Waals surface area contributed by atoms with E-state index < -0.39 is 0 Å². The largest absolute Gasteiger partial charge is 0.395 e. The normalized spacial score (nSPS) is 14.8. The second-order valence-corrected chi connectivity index (χ2v) is 6.28. The van der Waals surface area contributed by atoms with Gasteiger partial charge in [-0.3, -0.25) is 0 Å². The minimum Gasteiger partial charge on any atom is -0.395 e. The molecule has 1 fully saturated rings. The third-order valence-electron chi connectivity index (χ3n) is 4.30. The number of benzene rings is 2. The van der Waals surface area contributed by atoms with E-state index in [9.17, 15) is 0 Å². The lowest BCUT2D eigenvalue weighted by Crippen LogP contribution is -2.43. The molecule has 3 rings (SSSR count). The van der Waals surface area contributed by atoms with Gasteiger partial charge < -0.3 is 21.3 Å². The Bertz CT molecular complexity index is 681. The summed E-state index contributed by atoms with van der Waals surface area (Å²) in [5.41, 5.74) is 11.6. The molecule has 23 heavy (non-hydrogen) atoms. The topological polar surface area (TPSA) is 53.3 Å². The molecular weight excluding hydrogens is 308 g/mol. The molecule has 122 valence electrons. The molecule has 4 nitrogen and oxygen atoms in total. The monoisotopic (exact) mass is 330 g/mol. The van der Waals surface area contributed by atoms with Crippen molar-refractivity contribution >= 4 is 28.7 Å². The number of nitrogens with two attached hydrogens (primary N) is 1. The number of aryl methyl sites for hydroxylation is 1. The number of nitrogens with one attached hydrogen (secondary N) is 2. The third kappa shape index (κ3) is 3.54. The van der Waals surface area contributed by atoms with Crippen molar-refractivity contribution in [1.82, 2.24) is 5.32 Å². The Morgan fingerprint density at radius 3 is 2.65 bits per heavy atom. The average molecular weight is 331 g/mol. The minimum absolute atomic E-state index is 0.662. The van der Waals surface area contributed by atoms with Crippen molar-refractivity contribution in [1.29, 1.82) is 0 Å². The molecule has 0 aromatic heterocycles. The summed E-state index contributed by atoms with van der Waals surface area (Å²) in [6, 6.07) is 12.1. The van der Waals surface area contributed by atoms with Crippen LogP contribution in [0.15, 0.2) is 36.4 Å². The summed E-state index contributed by atoms with van der Waals surface area (Å²) in [5.74, 6) is 0. The molecule has 0 atom stereocenters. The maximum absolute atomic E-state index is 6.46. The Hall–Kier alpha value is -1.91. The molecule has 1 saturated heterocycles. The molecule has 2 aromatic carbocycles. The standard InChI is InChI=1S/C18H23ClN4/c1-13-6-7-16(23-10-8-21-9-11-23)17(20)18(13)22-12-14-4-2-3-5-15(14)19/h2-7,21-22H,8-12,20H2,1H3. The second kappa shape index (κ2) is 7.11. The first-order valence-corrected chi connectivity index (χ1v) is 8.36. The highest BCUT2D eigenvalue weighted by Gasteiger charge is 2.16. The van der Waals surface area contributed by atoms with Crippen LogP contribution in [-0.4, -0.2) is 26.2 Å². The van der Waals surface area contributed by atoms with E-state index in [0.717, 1.165) is 59.4 Å². The molecule has 1 aliphatic heterocycles. The van der Waals surface area contributed by atoms with Crippen LogP contribution in [0.4, 0.5) is 17.1 Å². The summed E-state index contributed by atoms with van der Waals surface area (Å²) < 4.78 is 0. The van der Waals surface area contributed by atoms with Crippen molar-refractivity contribution in [2.75, 3.05) is 42.1 Å². The van der Waals surface area contributed by atoms with Crippen LogP contribution in [0.2, 0.25) is 5.02 Å². The Morgan fingerprint density at radius 2 is 1.91 bits per heavy atom. The van der Waals surface area contributed by atoms with Gasteiger partial charge in [0, 0.05) is 37.7 Å². The summed E-state index contributed by atoms with van der Waals surface area (Å²) in [6.45, 7) is 6.70. The van der Waals surface area contributed by atoms with Gasteiger partial charge in [0.15, 0.2) is 0 Å². The molecule has 0 unspecified atom stereocenters. The molecule has 0 radical (unpaired) electrons. The van der Waals surface area contributed by atoms with Crippen molar-refractivity contribution in [3.63, 3.8) is 0 Å². The van der Waals surface area contributed by atoms with Gasteiger partial charge in [-0.1, -0.05) is 35.9 Å². The number of halogens is 1. The quantitative estimate of drug-likeness (QED) is 0.753. The minimum atomic E-state index is 0.662. The zero-order valence-electron chi connectivity index (χ0n) is 13.4. The lowest BCUT2D eigenvalue weighted by atomic mass is 10.1. The Balaban J connectivity index is 1.82. The number of rotatable bonds is 4. The summed E-state index contributed by atoms with van der Waals surface area (Å²) in [6.07, 6.45) is 0. The van der Waals surface area contributed by atoms with Crippen LogP contribution in [-0.2, 0) is 6.54 Å². The van der Waals surface area contributed by atoms with Crippen LogP contribution >= 0.6 is 11.6 Å². The van der Waals surface area contributed by atoms with E-state index in [-0.39, 0.29) is 0 Å². The van der Waals surface area contributed by atoms with Gasteiger partial charge in [-0.25, -0.2) is 0 Å². The fourth-order valence-electron chi connectivity index (χ4n) is 2.96. The lowest BCUT2D eigenvalue weighted by molar-refractivity contribution is 0.590. The number of nitrogens with zero attached hydrogens (tertiary/aromatic N) is 1. The highest BCUT2D eigenvalue weighted by molar-refractivity contribution is 6.31. The predicted octanol–water partition coefficient (Wildman–Crippen LogP) is 3.25. The zero-order chi connectivity index (χ0) is 16.2. The van der Waals surface area contributed by atoms with Crippen molar-refractivity contribution in [3.8, 4) is 0 Å². The first-order valence-electron chi connectivity index (χ1n) is 7.99. The van der Waals surface area contributed by atoms with Crippen molar-refractivity contribution in [3.05, 3.63) is 52.5 Å². The predicted molar refractivity (Wildman–Crippen MR) is 99.5 cm³/mol. The average Bonchev–Trinajstić information content (AvgIpc) is 2.57. The van der Waals surface area contributed by atoms with Gasteiger partial charge in [0.1, 0.15) is 0 Å². The highest BCUT2D eigenvalue weighted by atomic mass is 35.5. The Morgan fingerprint density at radius 1 is 1.17 bits per heavy atom. The fraction of sp³-hybridized carbons (Fsp3) is 0.333. The maximum Gasteiger partial charge on any atom is 0.0790 e. The van der Waals surface area contributed by atoms with E-state index in [1.807, 2.05) is 24.3 Å². The van der Waals surface area contributed by atoms with Crippen LogP contribution < -0.4 is 21.3 Å². The molecule has 2 aromatic rings. The van der Waals surface area contributed by atoms with E-state index in [4.69, 9.17) is 17.3 Å². The molecule has 0 spiro atoms. The van der Waals surface area contributed by atoms with Crippen LogP contribution in [0.5, 0.6) is 0 Å². The summed E-state index contributed by atoms with van der Waals surface area (Å²) >= 11 is 6.24. The number of nitrogen functional groups attached to an aromatic ring is 1. The third-order valence-corrected chi connectivity index (χ3v) is 4.67. The molecular formula is C18H23ClN4. The van der Waals surface area contributed by atoms with E-state index in [0.29, 0.717) is 6.54 Å². The number of piperazine rings is 1. The molecule has 0 saturated carbocycles. The van der Waals surface area contributed by atoms with Crippen LogP contribution in [0.3, 0.4) is 0 Å². The summed E-state index contributed by atoms with van der Waals surface area (Å²) in [4.78, 5) is 2.34. The molecule has 5 heteroatoms. The smallest absolute Gasteiger partial charge is 0.0790 e. The number of anilines is 3. The van der Waals surface area contributed by atoms with Crippen LogP contribution in [0.25, 0.3) is 0 Å². The first-order chi connectivity index (χ1) is 11.2. The molecule has 0 aliphatic carbocycles. The molecule has 0 bridgehead atoms. The highest BCUT2D eigenvalue weighted by Crippen LogP contribution is 2.34. The van der Waals surface area contributed by atoms with E-state index in [2.05, 4.69) is 34.6 Å². The number of hydrogen-bond acceptors (Lipinski definition) is 4. The second-order valence-electron chi connectivity index (χ2n) is 5.87. The van der Waals surface area contributed by atoms with Crippen molar-refractivity contribution < 1.29 is 0 Å². The van der Waals surface area contributed by atoms with Crippen molar-refractivity contribution in [2.45, 2.75) is 13.5 Å². The van der Waals surface area contributed by atoms with Gasteiger partial charge in [-0.05, 0) is 30.2 Å². The molecule has 1 heterocycles. The molecule has 4 N–H and O–H groups in total. The van der Waals surface area contributed by atoms with E-state index >= 15 is 0 Å². The fourth-order valence-corrected chi connectivity index (χ4v) is 3.16. The zero-order valence-corrected chi connectivity index (χ0v) is 14.2. The van der Waals surface area contributed by atoms with Gasteiger partial charge in [-0.15, -0.1) is 0 Å². The van der Waals surface area contributed by atoms with Crippen LogP contribution in [0, 0.1) is 6.92 Å². The van der Waals surface area contributed by atoms with Gasteiger partial charge in [-0.2, -0.15) is 0 Å². The first kappa shape index (κ1) is 16.0. The van der Waals surface area contributed by atoms with Crippen LogP contribution in [0.1, 0.15) is 11.1 Å².